The molecule has 4 aliphatic carbocycles. The summed E-state index contributed by atoms with van der Waals surface area (Å²) in [4.78, 5) is 0. The molecule has 3 unspecified atom stereocenters. The van der Waals surface area contributed by atoms with Crippen molar-refractivity contribution in [2.45, 2.75) is 108 Å². The SMILES string of the molecule is C[C@]12CCC/C(=C\C=C3CC(O)C[C@H](O)C3)C1CCC2C1(CC(O)(C(F)(F)F)C(F)(F)F)CC1. The molecule has 34 heavy (non-hydrogen) atoms. The lowest BCUT2D eigenvalue weighted by atomic mass is 9.59. The Morgan fingerprint density at radius 2 is 1.50 bits per heavy atom. The minimum atomic E-state index is -5.78. The van der Waals surface area contributed by atoms with Crippen LogP contribution in [-0.2, 0) is 0 Å². The number of hydrogen-bond donors (Lipinski definition) is 3. The molecule has 9 heteroatoms. The quantitative estimate of drug-likeness (QED) is 0.419. The highest BCUT2D eigenvalue weighted by molar-refractivity contribution is 5.27. The number of hydrogen-bond acceptors (Lipinski definition) is 3. The van der Waals surface area contributed by atoms with E-state index in [1.807, 2.05) is 19.1 Å². The molecule has 0 aliphatic heterocycles. The number of allylic oxidation sites excluding steroid dienone is 3. The fraction of sp³-hybridized carbons (Fsp3) is 0.840. The average Bonchev–Trinajstić information content (AvgIpc) is 3.35. The monoisotopic (exact) mass is 496 g/mol. The summed E-state index contributed by atoms with van der Waals surface area (Å²) in [5, 5.41) is 29.7. The Balaban J connectivity index is 1.57. The molecule has 0 aromatic carbocycles. The third-order valence-corrected chi connectivity index (χ3v) is 9.21. The number of halogens is 6. The van der Waals surface area contributed by atoms with Crippen LogP contribution in [0, 0.1) is 22.7 Å². The zero-order chi connectivity index (χ0) is 25.2. The Hall–Kier alpha value is -1.06. The number of aliphatic hydroxyl groups is 3. The van der Waals surface area contributed by atoms with E-state index in [2.05, 4.69) is 0 Å². The summed E-state index contributed by atoms with van der Waals surface area (Å²) in [5.74, 6) is -0.236. The summed E-state index contributed by atoms with van der Waals surface area (Å²) in [5.41, 5.74) is -4.16. The number of aliphatic hydroxyl groups excluding tert-OH is 2. The third-order valence-electron chi connectivity index (χ3n) is 9.21. The minimum Gasteiger partial charge on any atom is -0.393 e. The van der Waals surface area contributed by atoms with Crippen LogP contribution in [0.4, 0.5) is 26.3 Å². The van der Waals surface area contributed by atoms with Crippen molar-refractivity contribution in [3.63, 3.8) is 0 Å². The van der Waals surface area contributed by atoms with Crippen molar-refractivity contribution in [3.8, 4) is 0 Å². The first-order chi connectivity index (χ1) is 15.6. The molecule has 0 saturated heterocycles. The van der Waals surface area contributed by atoms with Gasteiger partial charge in [-0.25, -0.2) is 0 Å². The fourth-order valence-corrected chi connectivity index (χ4v) is 7.46. The van der Waals surface area contributed by atoms with Crippen molar-refractivity contribution in [1.29, 1.82) is 0 Å². The molecule has 0 spiro atoms. The van der Waals surface area contributed by atoms with Gasteiger partial charge >= 0.3 is 12.4 Å². The van der Waals surface area contributed by atoms with E-state index >= 15 is 0 Å². The highest BCUT2D eigenvalue weighted by Gasteiger charge is 2.75. The number of alkyl halides is 6. The normalized spacial score (nSPS) is 38.9. The van der Waals surface area contributed by atoms with Crippen LogP contribution in [0.3, 0.4) is 0 Å². The van der Waals surface area contributed by atoms with Gasteiger partial charge in [0.25, 0.3) is 5.60 Å². The van der Waals surface area contributed by atoms with E-state index in [-0.39, 0.29) is 24.7 Å². The summed E-state index contributed by atoms with van der Waals surface area (Å²) in [6.07, 6.45) is -4.61. The standard InChI is InChI=1S/C25H34F6O3/c1-21-8-2-3-16(5-4-15-11-17(32)13-18(33)12-15)19(21)6-7-20(21)22(9-10-22)14-23(34,24(26,27)28)25(29,30)31/h4-5,17-20,32-34H,2-3,6-14H2,1H3/b15-4?,16-5+/t17-,18?,19?,20?,21+/m1/s1. The first-order valence-electron chi connectivity index (χ1n) is 12.2. The molecule has 0 heterocycles. The Kier molecular flexibility index (Phi) is 6.51. The predicted octanol–water partition coefficient (Wildman–Crippen LogP) is 5.99. The smallest absolute Gasteiger partial charge is 0.393 e. The van der Waals surface area contributed by atoms with E-state index in [9.17, 15) is 41.7 Å². The maximum absolute atomic E-state index is 13.4. The van der Waals surface area contributed by atoms with Crippen molar-refractivity contribution in [1.82, 2.24) is 0 Å². The Morgan fingerprint density at radius 1 is 0.912 bits per heavy atom. The van der Waals surface area contributed by atoms with Gasteiger partial charge in [-0.3, -0.25) is 0 Å². The molecule has 3 nitrogen and oxygen atoms in total. The fourth-order valence-electron chi connectivity index (χ4n) is 7.46. The summed E-state index contributed by atoms with van der Waals surface area (Å²) in [7, 11) is 0. The largest absolute Gasteiger partial charge is 0.426 e. The lowest BCUT2D eigenvalue weighted by Gasteiger charge is -2.47. The van der Waals surface area contributed by atoms with Crippen LogP contribution in [0.25, 0.3) is 0 Å². The highest BCUT2D eigenvalue weighted by atomic mass is 19.4. The van der Waals surface area contributed by atoms with Gasteiger partial charge in [0.05, 0.1) is 12.2 Å². The second-order valence-electron chi connectivity index (χ2n) is 11.5. The van der Waals surface area contributed by atoms with Crippen LogP contribution in [-0.4, -0.2) is 45.5 Å². The van der Waals surface area contributed by atoms with Crippen LogP contribution in [0.5, 0.6) is 0 Å². The van der Waals surface area contributed by atoms with Crippen LogP contribution in [0.1, 0.15) is 77.6 Å². The van der Waals surface area contributed by atoms with Gasteiger partial charge in [-0.2, -0.15) is 26.3 Å². The molecule has 0 bridgehead atoms. The van der Waals surface area contributed by atoms with Crippen molar-refractivity contribution >= 4 is 0 Å². The van der Waals surface area contributed by atoms with Gasteiger partial charge in [-0.05, 0) is 86.9 Å². The molecule has 4 rings (SSSR count). The predicted molar refractivity (Wildman–Crippen MR) is 114 cm³/mol. The summed E-state index contributed by atoms with van der Waals surface area (Å²) < 4.78 is 80.7. The van der Waals surface area contributed by atoms with Crippen molar-refractivity contribution in [2.75, 3.05) is 0 Å². The van der Waals surface area contributed by atoms with Gasteiger partial charge in [-0.15, -0.1) is 0 Å². The lowest BCUT2D eigenvalue weighted by Crippen LogP contribution is -2.59. The summed E-state index contributed by atoms with van der Waals surface area (Å²) in [6, 6.07) is 0. The first-order valence-corrected chi connectivity index (χ1v) is 12.2. The van der Waals surface area contributed by atoms with Crippen molar-refractivity contribution < 1.29 is 41.7 Å². The molecule has 4 fully saturated rings. The van der Waals surface area contributed by atoms with E-state index in [0.29, 0.717) is 32.1 Å². The zero-order valence-electron chi connectivity index (χ0n) is 19.4. The molecular weight excluding hydrogens is 462 g/mol. The maximum Gasteiger partial charge on any atom is 0.426 e. The van der Waals surface area contributed by atoms with E-state index in [1.54, 1.807) is 0 Å². The van der Waals surface area contributed by atoms with Crippen LogP contribution in [0.15, 0.2) is 23.3 Å². The zero-order valence-corrected chi connectivity index (χ0v) is 19.4. The van der Waals surface area contributed by atoms with E-state index in [1.165, 1.54) is 0 Å². The van der Waals surface area contributed by atoms with Crippen molar-refractivity contribution in [2.24, 2.45) is 22.7 Å². The molecule has 3 N–H and O–H groups in total. The van der Waals surface area contributed by atoms with Gasteiger partial charge in [0.15, 0.2) is 0 Å². The molecule has 194 valence electrons. The topological polar surface area (TPSA) is 60.7 Å². The van der Waals surface area contributed by atoms with E-state index in [0.717, 1.165) is 30.4 Å². The molecular formula is C25H34F6O3. The molecule has 0 aromatic rings. The maximum atomic E-state index is 13.4. The highest BCUT2D eigenvalue weighted by Crippen LogP contribution is 2.71. The second-order valence-corrected chi connectivity index (χ2v) is 11.5. The van der Waals surface area contributed by atoms with Crippen LogP contribution >= 0.6 is 0 Å². The molecule has 0 aromatic heterocycles. The van der Waals surface area contributed by atoms with Gasteiger partial charge in [0.2, 0.25) is 0 Å². The summed E-state index contributed by atoms with van der Waals surface area (Å²) in [6.45, 7) is 2.00. The molecule has 4 saturated carbocycles. The van der Waals surface area contributed by atoms with Crippen LogP contribution < -0.4 is 0 Å². The van der Waals surface area contributed by atoms with Gasteiger partial charge < -0.3 is 15.3 Å². The van der Waals surface area contributed by atoms with Crippen molar-refractivity contribution in [3.05, 3.63) is 23.3 Å². The van der Waals surface area contributed by atoms with Crippen LogP contribution in [0.2, 0.25) is 0 Å². The van der Waals surface area contributed by atoms with Gasteiger partial charge in [-0.1, -0.05) is 30.2 Å². The van der Waals surface area contributed by atoms with Gasteiger partial charge in [0, 0.05) is 6.42 Å². The number of rotatable bonds is 4. The minimum absolute atomic E-state index is 0.0730. The molecule has 4 aliphatic rings. The van der Waals surface area contributed by atoms with E-state index < -0.39 is 47.4 Å². The molecule has 0 amide bonds. The first kappa shape index (κ1) is 26.0. The number of fused-ring (bicyclic) bond motifs is 1. The Labute approximate surface area is 195 Å². The molecule has 0 radical (unpaired) electrons. The summed E-state index contributed by atoms with van der Waals surface area (Å²) >= 11 is 0. The second kappa shape index (κ2) is 8.51. The Bertz CT molecular complexity index is 815. The average molecular weight is 497 g/mol. The third kappa shape index (κ3) is 4.45. The lowest BCUT2D eigenvalue weighted by molar-refractivity contribution is -0.375. The Morgan fingerprint density at radius 3 is 2.03 bits per heavy atom. The van der Waals surface area contributed by atoms with Gasteiger partial charge in [0.1, 0.15) is 0 Å². The van der Waals surface area contributed by atoms with E-state index in [4.69, 9.17) is 0 Å². The molecule has 5 atom stereocenters.